The van der Waals surface area contributed by atoms with Gasteiger partial charge in [0.15, 0.2) is 0 Å². The van der Waals surface area contributed by atoms with Crippen LogP contribution in [-0.4, -0.2) is 27.8 Å². The van der Waals surface area contributed by atoms with E-state index in [9.17, 15) is 18.8 Å². The number of hydrogen-bond donors (Lipinski definition) is 1. The van der Waals surface area contributed by atoms with Crippen molar-refractivity contribution in [1.29, 1.82) is 0 Å². The third kappa shape index (κ3) is 5.03. The van der Waals surface area contributed by atoms with E-state index in [0.717, 1.165) is 18.4 Å². The van der Waals surface area contributed by atoms with E-state index in [1.807, 2.05) is 4.90 Å². The molecular formula is C26H26FN3O3. The van der Waals surface area contributed by atoms with Gasteiger partial charge in [0, 0.05) is 24.5 Å². The number of anilines is 1. The fraction of sp³-hybridized carbons (Fsp3) is 0.269. The Morgan fingerprint density at radius 1 is 1.03 bits per heavy atom. The Morgan fingerprint density at radius 2 is 1.79 bits per heavy atom. The molecule has 4 rings (SSSR count). The van der Waals surface area contributed by atoms with Crippen LogP contribution in [0.2, 0.25) is 0 Å². The van der Waals surface area contributed by atoms with E-state index < -0.39 is 11.7 Å². The Balaban J connectivity index is 1.51. The Bertz CT molecular complexity index is 1250. The van der Waals surface area contributed by atoms with Crippen LogP contribution in [0.15, 0.2) is 65.6 Å². The van der Waals surface area contributed by atoms with Gasteiger partial charge >= 0.3 is 0 Å². The van der Waals surface area contributed by atoms with Gasteiger partial charge < -0.3 is 14.8 Å². The number of likely N-dealkylation sites (tertiary alicyclic amines) is 1. The van der Waals surface area contributed by atoms with Gasteiger partial charge in [0.1, 0.15) is 12.4 Å². The molecule has 6 nitrogen and oxygen atoms in total. The Labute approximate surface area is 191 Å². The van der Waals surface area contributed by atoms with E-state index in [1.165, 1.54) is 58.3 Å². The number of nitrogens with zero attached hydrogens (tertiary/aromatic N) is 2. The lowest BCUT2D eigenvalue weighted by molar-refractivity contribution is -0.116. The second-order valence-electron chi connectivity index (χ2n) is 8.44. The molecule has 1 fully saturated rings. The molecule has 1 aromatic heterocycles. The molecule has 2 amide bonds. The van der Waals surface area contributed by atoms with E-state index in [2.05, 4.69) is 37.4 Å². The first-order valence-electron chi connectivity index (χ1n) is 11.0. The molecule has 0 aliphatic carbocycles. The minimum absolute atomic E-state index is 0.0149. The molecule has 0 unspecified atom stereocenters. The summed E-state index contributed by atoms with van der Waals surface area (Å²) in [6, 6.07) is 14.4. The average Bonchev–Trinajstić information content (AvgIpc) is 3.28. The quantitative estimate of drug-likeness (QED) is 0.637. The van der Waals surface area contributed by atoms with Gasteiger partial charge in [-0.3, -0.25) is 14.4 Å². The minimum atomic E-state index is -0.442. The third-order valence-electron chi connectivity index (χ3n) is 6.10. The summed E-state index contributed by atoms with van der Waals surface area (Å²) >= 11 is 0. The number of rotatable bonds is 5. The van der Waals surface area contributed by atoms with E-state index in [0.29, 0.717) is 17.8 Å². The molecule has 0 bridgehead atoms. The number of halogens is 1. The van der Waals surface area contributed by atoms with Crippen molar-refractivity contribution in [2.45, 2.75) is 39.3 Å². The summed E-state index contributed by atoms with van der Waals surface area (Å²) in [5, 5.41) is 2.63. The molecule has 1 aliphatic heterocycles. The first-order chi connectivity index (χ1) is 15.8. The lowest BCUT2D eigenvalue weighted by atomic mass is 9.99. The number of aryl methyl sites for hydroxylation is 2. The van der Waals surface area contributed by atoms with Crippen molar-refractivity contribution in [1.82, 2.24) is 9.47 Å². The Hall–Kier alpha value is -3.74. The monoisotopic (exact) mass is 447 g/mol. The molecule has 170 valence electrons. The fourth-order valence-electron chi connectivity index (χ4n) is 4.16. The van der Waals surface area contributed by atoms with Gasteiger partial charge in [-0.2, -0.15) is 0 Å². The van der Waals surface area contributed by atoms with Gasteiger partial charge in [-0.1, -0.05) is 18.2 Å². The highest BCUT2D eigenvalue weighted by molar-refractivity contribution is 5.95. The van der Waals surface area contributed by atoms with Crippen LogP contribution >= 0.6 is 0 Å². The zero-order valence-corrected chi connectivity index (χ0v) is 18.7. The lowest BCUT2D eigenvalue weighted by Crippen LogP contribution is -2.33. The zero-order valence-electron chi connectivity index (χ0n) is 18.7. The number of aromatic nitrogens is 1. The third-order valence-corrected chi connectivity index (χ3v) is 6.10. The van der Waals surface area contributed by atoms with Crippen LogP contribution in [0.1, 0.15) is 45.9 Å². The van der Waals surface area contributed by atoms with Crippen LogP contribution in [0.4, 0.5) is 10.1 Å². The predicted molar refractivity (Wildman–Crippen MR) is 125 cm³/mol. The second kappa shape index (κ2) is 9.40. The van der Waals surface area contributed by atoms with Crippen molar-refractivity contribution >= 4 is 17.5 Å². The minimum Gasteiger partial charge on any atom is -0.332 e. The summed E-state index contributed by atoms with van der Waals surface area (Å²) in [6.07, 6.45) is 3.22. The van der Waals surface area contributed by atoms with E-state index in [4.69, 9.17) is 0 Å². The number of carbonyl (C=O) groups is 2. The van der Waals surface area contributed by atoms with Crippen LogP contribution in [-0.2, 0) is 11.3 Å². The molecule has 2 aromatic carbocycles. The van der Waals surface area contributed by atoms with E-state index in [1.54, 1.807) is 0 Å². The van der Waals surface area contributed by atoms with Gasteiger partial charge in [0.05, 0.1) is 11.6 Å². The predicted octanol–water partition coefficient (Wildman–Crippen LogP) is 4.22. The summed E-state index contributed by atoms with van der Waals surface area (Å²) in [6.45, 7) is 4.51. The number of pyridine rings is 1. The molecule has 1 N–H and O–H groups in total. The molecule has 7 heteroatoms. The number of nitrogens with one attached hydrogen (secondary N) is 1. The van der Waals surface area contributed by atoms with Crippen LogP contribution in [0.5, 0.6) is 0 Å². The van der Waals surface area contributed by atoms with E-state index >= 15 is 0 Å². The number of amides is 2. The van der Waals surface area contributed by atoms with Crippen LogP contribution < -0.4 is 10.9 Å². The van der Waals surface area contributed by atoms with Gasteiger partial charge in [-0.15, -0.1) is 0 Å². The lowest BCUT2D eigenvalue weighted by Gasteiger charge is -2.26. The van der Waals surface area contributed by atoms with Gasteiger partial charge in [0.2, 0.25) is 5.91 Å². The molecule has 1 atom stereocenters. The maximum absolute atomic E-state index is 13.3. The number of carbonyl (C=O) groups excluding carboxylic acids is 2. The van der Waals surface area contributed by atoms with E-state index in [-0.39, 0.29) is 24.1 Å². The van der Waals surface area contributed by atoms with Crippen LogP contribution in [0, 0.1) is 19.7 Å². The number of hydrogen-bond acceptors (Lipinski definition) is 3. The van der Waals surface area contributed by atoms with Crippen molar-refractivity contribution in [3.63, 3.8) is 0 Å². The molecule has 3 aromatic rings. The fourth-order valence-corrected chi connectivity index (χ4v) is 4.16. The van der Waals surface area contributed by atoms with Crippen molar-refractivity contribution < 1.29 is 14.0 Å². The maximum Gasteiger partial charge on any atom is 0.255 e. The van der Waals surface area contributed by atoms with Crippen molar-refractivity contribution in [2.75, 3.05) is 11.9 Å². The molecule has 1 saturated heterocycles. The molecule has 0 radical (unpaired) electrons. The summed E-state index contributed by atoms with van der Waals surface area (Å²) in [5.41, 5.74) is 3.91. The summed E-state index contributed by atoms with van der Waals surface area (Å²) in [4.78, 5) is 39.9. The highest BCUT2D eigenvalue weighted by atomic mass is 19.1. The summed E-state index contributed by atoms with van der Waals surface area (Å²) in [7, 11) is 0. The first-order valence-corrected chi connectivity index (χ1v) is 11.0. The van der Waals surface area contributed by atoms with Crippen molar-refractivity contribution in [2.24, 2.45) is 0 Å². The van der Waals surface area contributed by atoms with Crippen LogP contribution in [0.25, 0.3) is 0 Å². The maximum atomic E-state index is 13.3. The largest absolute Gasteiger partial charge is 0.332 e. The standard InChI is InChI=1S/C26H26FN3O3/c1-17-5-6-19(14-18(17)2)23-4-3-13-30(23)26(33)20-7-12-25(32)29(15-20)16-24(31)28-22-10-8-21(27)9-11-22/h5-12,14-15,23H,3-4,13,16H2,1-2H3,(H,28,31)/t23-/m1/s1. The second-order valence-corrected chi connectivity index (χ2v) is 8.44. The van der Waals surface area contributed by atoms with Gasteiger partial charge in [-0.05, 0) is 73.7 Å². The highest BCUT2D eigenvalue weighted by Gasteiger charge is 2.31. The van der Waals surface area contributed by atoms with Crippen molar-refractivity contribution in [3.8, 4) is 0 Å². The Kier molecular flexibility index (Phi) is 6.40. The topological polar surface area (TPSA) is 71.4 Å². The smallest absolute Gasteiger partial charge is 0.255 e. The highest BCUT2D eigenvalue weighted by Crippen LogP contribution is 2.33. The molecule has 1 aliphatic rings. The molecular weight excluding hydrogens is 421 g/mol. The first kappa shape index (κ1) is 22.5. The van der Waals surface area contributed by atoms with Crippen molar-refractivity contribution in [3.05, 3.63) is 99.2 Å². The molecule has 33 heavy (non-hydrogen) atoms. The Morgan fingerprint density at radius 3 is 2.52 bits per heavy atom. The summed E-state index contributed by atoms with van der Waals surface area (Å²) in [5.74, 6) is -1.01. The normalized spacial score (nSPS) is 15.5. The van der Waals surface area contributed by atoms with Gasteiger partial charge in [0.25, 0.3) is 11.5 Å². The molecule has 2 heterocycles. The van der Waals surface area contributed by atoms with Gasteiger partial charge in [-0.25, -0.2) is 4.39 Å². The zero-order chi connectivity index (χ0) is 23.5. The summed E-state index contributed by atoms with van der Waals surface area (Å²) < 4.78 is 14.3. The molecule has 0 saturated carbocycles. The molecule has 0 spiro atoms. The SMILES string of the molecule is Cc1ccc([C@H]2CCCN2C(=O)c2ccc(=O)n(CC(=O)Nc3ccc(F)cc3)c2)cc1C. The average molecular weight is 448 g/mol. The number of benzene rings is 2. The van der Waals surface area contributed by atoms with Crippen LogP contribution in [0.3, 0.4) is 0 Å².